The van der Waals surface area contributed by atoms with Crippen LogP contribution in [0.4, 0.5) is 5.69 Å². The summed E-state index contributed by atoms with van der Waals surface area (Å²) in [5.74, 6) is 0. The summed E-state index contributed by atoms with van der Waals surface area (Å²) >= 11 is 0. The van der Waals surface area contributed by atoms with Crippen LogP contribution in [0.15, 0.2) is 53.4 Å². The number of nitriles is 1. The molecule has 2 heterocycles. The fourth-order valence-electron chi connectivity index (χ4n) is 4.40. The number of benzene rings is 2. The zero-order valence-electron chi connectivity index (χ0n) is 21.9. The number of hydroxylamine groups is 2. The monoisotopic (exact) mass is 572 g/mol. The van der Waals surface area contributed by atoms with E-state index in [4.69, 9.17) is 4.84 Å². The van der Waals surface area contributed by atoms with Crippen LogP contribution in [0.3, 0.4) is 0 Å². The van der Waals surface area contributed by atoms with E-state index in [1.165, 1.54) is 0 Å². The first-order chi connectivity index (χ1) is 19.1. The Morgan fingerprint density at radius 1 is 1.10 bits per heavy atom. The molecule has 7 N–H and O–H groups in total. The minimum absolute atomic E-state index is 0.00735. The first kappa shape index (κ1) is 29.6. The molecule has 0 bridgehead atoms. The zero-order valence-corrected chi connectivity index (χ0v) is 22.7. The first-order valence-electron chi connectivity index (χ1n) is 12.4. The van der Waals surface area contributed by atoms with Gasteiger partial charge in [-0.2, -0.15) is 9.98 Å². The van der Waals surface area contributed by atoms with Gasteiger partial charge in [0.2, 0.25) is 0 Å². The van der Waals surface area contributed by atoms with Crippen LogP contribution in [0.25, 0.3) is 28.1 Å². The number of aliphatic hydroxyl groups excluding tert-OH is 3. The highest BCUT2D eigenvalue weighted by Crippen LogP contribution is 2.29. The summed E-state index contributed by atoms with van der Waals surface area (Å²) in [6.07, 6.45) is -5.61. The van der Waals surface area contributed by atoms with E-state index >= 15 is 0 Å². The second kappa shape index (κ2) is 12.4. The summed E-state index contributed by atoms with van der Waals surface area (Å²) in [5.41, 5.74) is 3.08. The predicted molar refractivity (Wildman–Crippen MR) is 148 cm³/mol. The fraction of sp³-hybridized carbons (Fsp3) is 0.346. The summed E-state index contributed by atoms with van der Waals surface area (Å²) in [4.78, 5) is 4.13. The molecule has 0 spiro atoms. The van der Waals surface area contributed by atoms with Gasteiger partial charge in [-0.25, -0.2) is 8.42 Å². The van der Waals surface area contributed by atoms with Crippen LogP contribution in [0, 0.1) is 11.3 Å². The number of allylic oxidation sites excluding steroid dienone is 1. The van der Waals surface area contributed by atoms with Crippen LogP contribution in [-0.4, -0.2) is 90.0 Å². The van der Waals surface area contributed by atoms with Crippen molar-refractivity contribution >= 4 is 32.6 Å². The number of sulfonamides is 1. The molecule has 0 saturated carbocycles. The summed E-state index contributed by atoms with van der Waals surface area (Å²) in [6, 6.07) is 17.1. The van der Waals surface area contributed by atoms with Gasteiger partial charge in [-0.15, -0.1) is 0 Å². The van der Waals surface area contributed by atoms with Crippen molar-refractivity contribution in [3.05, 3.63) is 59.1 Å². The molecule has 14 heteroatoms. The first-order valence-corrected chi connectivity index (χ1v) is 13.9. The highest BCUT2D eigenvalue weighted by Gasteiger charge is 2.45. The van der Waals surface area contributed by atoms with E-state index in [1.54, 1.807) is 29.8 Å². The Morgan fingerprint density at radius 2 is 1.82 bits per heavy atom. The molecule has 0 aliphatic carbocycles. The molecular weight excluding hydrogens is 540 g/mol. The minimum atomic E-state index is -4.59. The van der Waals surface area contributed by atoms with Gasteiger partial charge in [-0.05, 0) is 65.0 Å². The Hall–Kier alpha value is -3.36. The molecule has 4 rings (SSSR count). The average Bonchev–Trinajstić information content (AvgIpc) is 3.31. The van der Waals surface area contributed by atoms with Crippen LogP contribution >= 0.6 is 0 Å². The van der Waals surface area contributed by atoms with Gasteiger partial charge < -0.3 is 30.5 Å². The van der Waals surface area contributed by atoms with Crippen molar-refractivity contribution in [1.29, 1.82) is 5.26 Å². The molecule has 1 aromatic heterocycles. The number of aliphatic hydroxyl groups is 3. The number of hydrogen-bond donors (Lipinski definition) is 7. The normalized spacial score (nSPS) is 22.4. The summed E-state index contributed by atoms with van der Waals surface area (Å²) in [7, 11) is -0.959. The van der Waals surface area contributed by atoms with Gasteiger partial charge in [0.15, 0.2) is 11.1 Å². The van der Waals surface area contributed by atoms with E-state index in [-0.39, 0.29) is 5.23 Å². The van der Waals surface area contributed by atoms with E-state index in [1.807, 2.05) is 42.1 Å². The standard InChI is InChI=1S/C26H32N6O7S/c1-28-9-10-29-19-6-5-16-11-18(4-3-17(16)12-19)22-8-7-20(31(22)2)13-21(14-27)40(37,38)30-26-25(35)24(34)23(15-33)39-32(26)36/h3-8,11-13,23-26,28-30,33-36H,9-10,15H2,1-2H3/b21-13+/t23-,24-,25+,26+/m1/s1. The number of likely N-dealkylation sites (N-methyl/N-ethyl adjacent to an activating group) is 1. The maximum Gasteiger partial charge on any atom is 0.252 e. The van der Waals surface area contributed by atoms with Crippen LogP contribution in [-0.2, 0) is 21.9 Å². The SMILES string of the molecule is CNCCNc1ccc2cc(-c3ccc(/C=C(\C#N)S(=O)(=O)N[C@@H]4[C@@H](O)[C@H](O)[C@@H](CO)ON4O)n3C)ccc2c1. The molecule has 2 aromatic carbocycles. The van der Waals surface area contributed by atoms with Crippen molar-refractivity contribution in [2.45, 2.75) is 24.5 Å². The van der Waals surface area contributed by atoms with Crippen LogP contribution in [0.1, 0.15) is 5.69 Å². The van der Waals surface area contributed by atoms with E-state index < -0.39 is 46.0 Å². The van der Waals surface area contributed by atoms with Crippen LogP contribution in [0.2, 0.25) is 0 Å². The van der Waals surface area contributed by atoms with E-state index in [0.29, 0.717) is 5.69 Å². The molecule has 0 amide bonds. The molecule has 4 atom stereocenters. The molecule has 1 saturated heterocycles. The second-order valence-electron chi connectivity index (χ2n) is 9.31. The lowest BCUT2D eigenvalue weighted by Crippen LogP contribution is -2.65. The smallest absolute Gasteiger partial charge is 0.252 e. The number of hydrogen-bond acceptors (Lipinski definition) is 11. The van der Waals surface area contributed by atoms with Gasteiger partial charge in [0.05, 0.1) is 6.61 Å². The summed E-state index contributed by atoms with van der Waals surface area (Å²) in [6.45, 7) is 0.909. The maximum absolute atomic E-state index is 13.0. The number of rotatable bonds is 10. The molecule has 0 unspecified atom stereocenters. The molecule has 13 nitrogen and oxygen atoms in total. The number of fused-ring (bicyclic) bond motifs is 1. The van der Waals surface area contributed by atoms with Crippen LogP contribution < -0.4 is 15.4 Å². The molecule has 214 valence electrons. The Kier molecular flexibility index (Phi) is 9.21. The van der Waals surface area contributed by atoms with Crippen molar-refractivity contribution in [3.63, 3.8) is 0 Å². The van der Waals surface area contributed by atoms with Crippen molar-refractivity contribution in [2.75, 3.05) is 32.1 Å². The van der Waals surface area contributed by atoms with Crippen molar-refractivity contribution < 1.29 is 33.8 Å². The Morgan fingerprint density at radius 3 is 2.52 bits per heavy atom. The maximum atomic E-state index is 13.0. The number of anilines is 1. The third-order valence-electron chi connectivity index (χ3n) is 6.67. The largest absolute Gasteiger partial charge is 0.393 e. The van der Waals surface area contributed by atoms with Gasteiger partial charge in [0.25, 0.3) is 10.0 Å². The number of nitrogens with zero attached hydrogens (tertiary/aromatic N) is 3. The minimum Gasteiger partial charge on any atom is -0.393 e. The Balaban J connectivity index is 1.57. The highest BCUT2D eigenvalue weighted by molar-refractivity contribution is 7.93. The lowest BCUT2D eigenvalue weighted by Gasteiger charge is -2.40. The van der Waals surface area contributed by atoms with Crippen molar-refractivity contribution in [3.8, 4) is 17.3 Å². The van der Waals surface area contributed by atoms with E-state index in [0.717, 1.165) is 46.9 Å². The van der Waals surface area contributed by atoms with Crippen molar-refractivity contribution in [1.82, 2.24) is 19.8 Å². The fourth-order valence-corrected chi connectivity index (χ4v) is 5.47. The molecule has 40 heavy (non-hydrogen) atoms. The molecule has 3 aromatic rings. The highest BCUT2D eigenvalue weighted by atomic mass is 32.2. The van der Waals surface area contributed by atoms with Gasteiger partial charge >= 0.3 is 0 Å². The molecule has 1 aliphatic heterocycles. The lowest BCUT2D eigenvalue weighted by atomic mass is 10.0. The molecule has 0 radical (unpaired) electrons. The van der Waals surface area contributed by atoms with Gasteiger partial charge in [0, 0.05) is 37.2 Å². The third kappa shape index (κ3) is 6.18. The predicted octanol–water partition coefficient (Wildman–Crippen LogP) is 0.306. The Labute approximate surface area is 231 Å². The van der Waals surface area contributed by atoms with Gasteiger partial charge in [-0.1, -0.05) is 18.2 Å². The van der Waals surface area contributed by atoms with Crippen molar-refractivity contribution in [2.24, 2.45) is 7.05 Å². The van der Waals surface area contributed by atoms with Gasteiger partial charge in [-0.3, -0.25) is 10.0 Å². The van der Waals surface area contributed by atoms with Crippen LogP contribution in [0.5, 0.6) is 0 Å². The molecule has 1 fully saturated rings. The third-order valence-corrected chi connectivity index (χ3v) is 8.01. The van der Waals surface area contributed by atoms with Gasteiger partial charge in [0.1, 0.15) is 24.4 Å². The number of aromatic nitrogens is 1. The summed E-state index contributed by atoms with van der Waals surface area (Å²) < 4.78 is 29.6. The topological polar surface area (TPSA) is 192 Å². The summed E-state index contributed by atoms with van der Waals surface area (Å²) in [5, 5.41) is 57.6. The average molecular weight is 573 g/mol. The second-order valence-corrected chi connectivity index (χ2v) is 11.0. The lowest BCUT2D eigenvalue weighted by molar-refractivity contribution is -0.431. The number of nitrogens with one attached hydrogen (secondary N) is 3. The molecular formula is C26H32N6O7S. The Bertz CT molecular complexity index is 1530. The van der Waals surface area contributed by atoms with E-state index in [9.17, 15) is 34.2 Å². The quantitative estimate of drug-likeness (QED) is 0.131. The molecule has 1 aliphatic rings. The zero-order chi connectivity index (χ0) is 29.0. The van der Waals surface area contributed by atoms with E-state index in [2.05, 4.69) is 16.7 Å².